The fourth-order valence-corrected chi connectivity index (χ4v) is 3.01. The third kappa shape index (κ3) is 4.15. The number of carbonyl (C=O) groups excluding carboxylic acids is 2. The molecule has 21 heavy (non-hydrogen) atoms. The summed E-state index contributed by atoms with van der Waals surface area (Å²) in [6, 6.07) is 12.2. The minimum absolute atomic E-state index is 0.196. The molecule has 0 saturated carbocycles. The van der Waals surface area contributed by atoms with Crippen LogP contribution in [0, 0.1) is 0 Å². The van der Waals surface area contributed by atoms with Crippen molar-refractivity contribution < 1.29 is 9.59 Å². The van der Waals surface area contributed by atoms with Crippen LogP contribution in [0.4, 0.5) is 0 Å². The van der Waals surface area contributed by atoms with Crippen LogP contribution in [0.25, 0.3) is 0 Å². The molecular weight excluding hydrogens is 400 g/mol. The molecule has 0 bridgehead atoms. The van der Waals surface area contributed by atoms with Gasteiger partial charge in [-0.2, -0.15) is 0 Å². The number of primary amides is 1. The third-order valence-electron chi connectivity index (χ3n) is 2.84. The van der Waals surface area contributed by atoms with Crippen LogP contribution in [0.2, 0.25) is 0 Å². The molecule has 108 valence electrons. The van der Waals surface area contributed by atoms with E-state index in [9.17, 15) is 9.59 Å². The minimum Gasteiger partial charge on any atom is -0.366 e. The van der Waals surface area contributed by atoms with Gasteiger partial charge in [0.2, 0.25) is 5.91 Å². The molecule has 2 rings (SSSR count). The summed E-state index contributed by atoms with van der Waals surface area (Å²) in [6.07, 6.45) is 0. The molecule has 0 radical (unpaired) electrons. The van der Waals surface area contributed by atoms with E-state index >= 15 is 0 Å². The second kappa shape index (κ2) is 6.87. The summed E-state index contributed by atoms with van der Waals surface area (Å²) < 4.78 is 1.60. The Kier molecular flexibility index (Phi) is 5.14. The molecule has 0 aliphatic rings. The largest absolute Gasteiger partial charge is 0.366 e. The van der Waals surface area contributed by atoms with Crippen molar-refractivity contribution in [2.75, 3.05) is 0 Å². The van der Waals surface area contributed by atoms with Crippen LogP contribution in [0.3, 0.4) is 0 Å². The number of nitrogens with two attached hydrogens (primary N) is 1. The molecule has 2 aromatic rings. The van der Waals surface area contributed by atoms with Gasteiger partial charge < -0.3 is 11.1 Å². The van der Waals surface area contributed by atoms with Crippen LogP contribution in [0.15, 0.2) is 51.4 Å². The first-order valence-corrected chi connectivity index (χ1v) is 7.68. The Labute approximate surface area is 139 Å². The van der Waals surface area contributed by atoms with Gasteiger partial charge in [-0.15, -0.1) is 0 Å². The molecule has 3 N–H and O–H groups in total. The monoisotopic (exact) mass is 410 g/mol. The van der Waals surface area contributed by atoms with Gasteiger partial charge in [0.15, 0.2) is 0 Å². The molecule has 2 amide bonds. The Morgan fingerprint density at radius 2 is 1.86 bits per heavy atom. The SMILES string of the molecule is NC(=O)c1cccc(CNC(=O)c2ccc(Br)cc2Br)c1. The average Bonchev–Trinajstić information content (AvgIpc) is 2.45. The van der Waals surface area contributed by atoms with Crippen LogP contribution < -0.4 is 11.1 Å². The Balaban J connectivity index is 2.07. The summed E-state index contributed by atoms with van der Waals surface area (Å²) in [6.45, 7) is 0.322. The summed E-state index contributed by atoms with van der Waals surface area (Å²) >= 11 is 6.69. The number of amides is 2. The molecule has 0 aromatic heterocycles. The first-order valence-electron chi connectivity index (χ1n) is 6.09. The number of hydrogen-bond donors (Lipinski definition) is 2. The smallest absolute Gasteiger partial charge is 0.252 e. The van der Waals surface area contributed by atoms with Crippen LogP contribution in [0.1, 0.15) is 26.3 Å². The van der Waals surface area contributed by atoms with E-state index in [0.717, 1.165) is 10.0 Å². The molecular formula is C15H12Br2N2O2. The predicted molar refractivity (Wildman–Crippen MR) is 88.0 cm³/mol. The summed E-state index contributed by atoms with van der Waals surface area (Å²) in [4.78, 5) is 23.2. The van der Waals surface area contributed by atoms with Gasteiger partial charge in [-0.05, 0) is 51.8 Å². The van der Waals surface area contributed by atoms with Gasteiger partial charge >= 0.3 is 0 Å². The van der Waals surface area contributed by atoms with Crippen molar-refractivity contribution in [1.82, 2.24) is 5.32 Å². The molecule has 4 nitrogen and oxygen atoms in total. The van der Waals surface area contributed by atoms with Gasteiger partial charge in [0.1, 0.15) is 0 Å². The molecule has 6 heteroatoms. The van der Waals surface area contributed by atoms with Gasteiger partial charge in [0.05, 0.1) is 5.56 Å². The fraction of sp³-hybridized carbons (Fsp3) is 0.0667. The molecule has 0 atom stereocenters. The van der Waals surface area contributed by atoms with E-state index in [4.69, 9.17) is 5.73 Å². The highest BCUT2D eigenvalue weighted by Crippen LogP contribution is 2.21. The molecule has 0 aliphatic heterocycles. The molecule has 0 saturated heterocycles. The second-order valence-corrected chi connectivity index (χ2v) is 6.14. The Bertz CT molecular complexity index is 702. The van der Waals surface area contributed by atoms with Crippen molar-refractivity contribution in [1.29, 1.82) is 0 Å². The quantitative estimate of drug-likeness (QED) is 0.810. The first kappa shape index (κ1) is 15.7. The first-order chi connectivity index (χ1) is 9.97. The number of rotatable bonds is 4. The number of nitrogens with one attached hydrogen (secondary N) is 1. The number of benzene rings is 2. The number of halogens is 2. The molecule has 2 aromatic carbocycles. The topological polar surface area (TPSA) is 72.2 Å². The third-order valence-corrected chi connectivity index (χ3v) is 3.99. The predicted octanol–water partition coefficient (Wildman–Crippen LogP) is 3.24. The van der Waals surface area contributed by atoms with E-state index in [2.05, 4.69) is 37.2 Å². The zero-order valence-corrected chi connectivity index (χ0v) is 14.1. The number of hydrogen-bond acceptors (Lipinski definition) is 2. The molecule has 0 fully saturated rings. The van der Waals surface area contributed by atoms with E-state index < -0.39 is 5.91 Å². The van der Waals surface area contributed by atoms with Crippen molar-refractivity contribution in [2.45, 2.75) is 6.54 Å². The summed E-state index contributed by atoms with van der Waals surface area (Å²) in [5, 5.41) is 2.81. The maximum Gasteiger partial charge on any atom is 0.252 e. The Morgan fingerprint density at radius 3 is 2.52 bits per heavy atom. The second-order valence-electron chi connectivity index (χ2n) is 4.37. The van der Waals surface area contributed by atoms with E-state index in [-0.39, 0.29) is 5.91 Å². The summed E-state index contributed by atoms with van der Waals surface area (Å²) in [5.41, 5.74) is 7.01. The maximum absolute atomic E-state index is 12.1. The van der Waals surface area contributed by atoms with Gasteiger partial charge in [-0.3, -0.25) is 9.59 Å². The summed E-state index contributed by atoms with van der Waals surface area (Å²) in [7, 11) is 0. The van der Waals surface area contributed by atoms with Crippen molar-refractivity contribution >= 4 is 43.7 Å². The lowest BCUT2D eigenvalue weighted by Crippen LogP contribution is -2.23. The minimum atomic E-state index is -0.487. The zero-order valence-electron chi connectivity index (χ0n) is 10.9. The molecule has 0 unspecified atom stereocenters. The van der Waals surface area contributed by atoms with E-state index in [1.807, 2.05) is 12.1 Å². The van der Waals surface area contributed by atoms with Crippen molar-refractivity contribution in [2.24, 2.45) is 5.73 Å². The lowest BCUT2D eigenvalue weighted by Gasteiger charge is -2.08. The Hall–Kier alpha value is -1.66. The normalized spacial score (nSPS) is 10.2. The highest BCUT2D eigenvalue weighted by Gasteiger charge is 2.10. The maximum atomic E-state index is 12.1. The fourth-order valence-electron chi connectivity index (χ4n) is 1.79. The average molecular weight is 412 g/mol. The lowest BCUT2D eigenvalue weighted by molar-refractivity contribution is 0.0949. The number of carbonyl (C=O) groups is 2. The van der Waals surface area contributed by atoms with Crippen LogP contribution in [-0.4, -0.2) is 11.8 Å². The van der Waals surface area contributed by atoms with Crippen molar-refractivity contribution in [3.8, 4) is 0 Å². The van der Waals surface area contributed by atoms with Crippen LogP contribution in [-0.2, 0) is 6.54 Å². The van der Waals surface area contributed by atoms with Gasteiger partial charge in [0.25, 0.3) is 5.91 Å². The van der Waals surface area contributed by atoms with Crippen molar-refractivity contribution in [3.63, 3.8) is 0 Å². The zero-order chi connectivity index (χ0) is 15.4. The lowest BCUT2D eigenvalue weighted by atomic mass is 10.1. The molecule has 0 aliphatic carbocycles. The molecule has 0 heterocycles. The van der Waals surface area contributed by atoms with Gasteiger partial charge in [-0.25, -0.2) is 0 Å². The highest BCUT2D eigenvalue weighted by molar-refractivity contribution is 9.11. The highest BCUT2D eigenvalue weighted by atomic mass is 79.9. The van der Waals surface area contributed by atoms with Crippen LogP contribution in [0.5, 0.6) is 0 Å². The molecule has 0 spiro atoms. The van der Waals surface area contributed by atoms with Gasteiger partial charge in [0, 0.05) is 21.1 Å². The van der Waals surface area contributed by atoms with E-state index in [0.29, 0.717) is 22.1 Å². The van der Waals surface area contributed by atoms with Crippen molar-refractivity contribution in [3.05, 3.63) is 68.1 Å². The van der Waals surface area contributed by atoms with E-state index in [1.165, 1.54) is 0 Å². The van der Waals surface area contributed by atoms with Gasteiger partial charge in [-0.1, -0.05) is 28.1 Å². The summed E-state index contributed by atoms with van der Waals surface area (Å²) in [5.74, 6) is -0.683. The Morgan fingerprint density at radius 1 is 1.10 bits per heavy atom. The standard InChI is InChI=1S/C15H12Br2N2O2/c16-11-4-5-12(13(17)7-11)15(21)19-8-9-2-1-3-10(6-9)14(18)20/h1-7H,8H2,(H2,18,20)(H,19,21). The van der Waals surface area contributed by atoms with Crippen LogP contribution >= 0.6 is 31.9 Å². The van der Waals surface area contributed by atoms with E-state index in [1.54, 1.807) is 30.3 Å².